The maximum atomic E-state index is 12.7. The molecule has 0 aliphatic carbocycles. The highest BCUT2D eigenvalue weighted by Gasteiger charge is 2.27. The smallest absolute Gasteiger partial charge is 0.340 e. The van der Waals surface area contributed by atoms with Gasteiger partial charge in [0.1, 0.15) is 5.00 Å². The van der Waals surface area contributed by atoms with E-state index in [1.54, 1.807) is 24.3 Å². The first kappa shape index (κ1) is 24.3. The molecule has 2 N–H and O–H groups in total. The Bertz CT molecular complexity index is 1270. The van der Waals surface area contributed by atoms with Crippen molar-refractivity contribution in [1.82, 2.24) is 4.31 Å². The minimum Gasteiger partial charge on any atom is -0.465 e. The number of rotatable bonds is 7. The van der Waals surface area contributed by atoms with Crippen LogP contribution in [0.2, 0.25) is 0 Å². The molecule has 178 valence electrons. The Hall–Kier alpha value is -2.79. The van der Waals surface area contributed by atoms with E-state index in [1.165, 1.54) is 22.8 Å². The van der Waals surface area contributed by atoms with Crippen molar-refractivity contribution in [2.75, 3.05) is 30.8 Å². The zero-order chi connectivity index (χ0) is 24.1. The lowest BCUT2D eigenvalue weighted by molar-refractivity contribution is 0.0602. The lowest BCUT2D eigenvalue weighted by atomic mass is 10.1. The van der Waals surface area contributed by atoms with E-state index in [4.69, 9.17) is 17.0 Å². The van der Waals surface area contributed by atoms with Gasteiger partial charge in [-0.25, -0.2) is 13.2 Å². The van der Waals surface area contributed by atoms with Crippen LogP contribution in [0.25, 0.3) is 0 Å². The first-order valence-corrected chi connectivity index (χ1v) is 13.5. The topological polar surface area (TPSA) is 87.7 Å². The fraction of sp³-hybridized carbons (Fsp3) is 0.250. The van der Waals surface area contributed by atoms with Gasteiger partial charge in [0.15, 0.2) is 5.11 Å². The Labute approximate surface area is 208 Å². The predicted molar refractivity (Wildman–Crippen MR) is 139 cm³/mol. The van der Waals surface area contributed by atoms with Crippen molar-refractivity contribution >= 4 is 55.3 Å². The highest BCUT2D eigenvalue weighted by Crippen LogP contribution is 2.31. The highest BCUT2D eigenvalue weighted by atomic mass is 32.2. The molecule has 1 fully saturated rings. The van der Waals surface area contributed by atoms with Crippen LogP contribution < -0.4 is 10.6 Å². The Balaban J connectivity index is 1.45. The van der Waals surface area contributed by atoms with Crippen molar-refractivity contribution in [3.05, 3.63) is 76.7 Å². The second kappa shape index (κ2) is 10.6. The van der Waals surface area contributed by atoms with Crippen LogP contribution in [-0.4, -0.2) is 44.0 Å². The van der Waals surface area contributed by atoms with Crippen LogP contribution in [0.5, 0.6) is 0 Å². The van der Waals surface area contributed by atoms with Gasteiger partial charge in [0, 0.05) is 30.1 Å². The summed E-state index contributed by atoms with van der Waals surface area (Å²) in [4.78, 5) is 13.6. The number of benzene rings is 2. The number of thiocarbonyl (C=S) groups is 1. The van der Waals surface area contributed by atoms with Gasteiger partial charge in [0.25, 0.3) is 0 Å². The summed E-state index contributed by atoms with van der Waals surface area (Å²) in [6.45, 7) is 1.12. The summed E-state index contributed by atoms with van der Waals surface area (Å²) in [6, 6.07) is 18.3. The summed E-state index contributed by atoms with van der Waals surface area (Å²) in [7, 11) is -2.12. The molecular weight excluding hydrogens is 490 g/mol. The van der Waals surface area contributed by atoms with Crippen LogP contribution in [0.3, 0.4) is 0 Å². The number of nitrogens with zero attached hydrogens (tertiary/aromatic N) is 1. The van der Waals surface area contributed by atoms with E-state index in [0.717, 1.165) is 23.3 Å². The molecule has 4 rings (SSSR count). The summed E-state index contributed by atoms with van der Waals surface area (Å²) in [5.74, 6) is -0.447. The van der Waals surface area contributed by atoms with Gasteiger partial charge in [-0.2, -0.15) is 4.31 Å². The van der Waals surface area contributed by atoms with Crippen molar-refractivity contribution < 1.29 is 17.9 Å². The first-order chi connectivity index (χ1) is 16.4. The molecule has 1 aliphatic heterocycles. The number of hydrogen-bond donors (Lipinski definition) is 2. The quantitative estimate of drug-likeness (QED) is 0.348. The van der Waals surface area contributed by atoms with Gasteiger partial charge < -0.3 is 15.4 Å². The van der Waals surface area contributed by atoms with Crippen LogP contribution in [0.4, 0.5) is 10.7 Å². The van der Waals surface area contributed by atoms with Gasteiger partial charge in [0.05, 0.1) is 17.6 Å². The standard InChI is InChI=1S/C24H25N3O4S3/c1-31-23(28)21-16-19(15-17-7-3-2-4-8-17)33-22(21)26-24(32)25-18-9-11-20(12-10-18)34(29,30)27-13-5-6-14-27/h2-4,7-12,16H,5-6,13-15H2,1H3,(H2,25,26,32). The maximum Gasteiger partial charge on any atom is 0.340 e. The van der Waals surface area contributed by atoms with Crippen molar-refractivity contribution in [2.24, 2.45) is 0 Å². The fourth-order valence-electron chi connectivity index (χ4n) is 3.73. The number of esters is 1. The Morgan fingerprint density at radius 2 is 1.74 bits per heavy atom. The molecule has 0 spiro atoms. The number of carbonyl (C=O) groups is 1. The molecule has 7 nitrogen and oxygen atoms in total. The average Bonchev–Trinajstić information content (AvgIpc) is 3.51. The SMILES string of the molecule is COC(=O)c1cc(Cc2ccccc2)sc1NC(=S)Nc1ccc(S(=O)(=O)N2CCCC2)cc1. The van der Waals surface area contributed by atoms with Crippen LogP contribution in [0.1, 0.15) is 33.6 Å². The maximum absolute atomic E-state index is 12.7. The lowest BCUT2D eigenvalue weighted by Gasteiger charge is -2.16. The van der Waals surface area contributed by atoms with Gasteiger partial charge in [-0.3, -0.25) is 0 Å². The van der Waals surface area contributed by atoms with Crippen LogP contribution >= 0.6 is 23.6 Å². The molecule has 2 heterocycles. The van der Waals surface area contributed by atoms with Gasteiger partial charge in [0.2, 0.25) is 10.0 Å². The molecule has 2 aromatic carbocycles. The number of nitrogens with one attached hydrogen (secondary N) is 2. The van der Waals surface area contributed by atoms with E-state index >= 15 is 0 Å². The number of carbonyl (C=O) groups excluding carboxylic acids is 1. The number of anilines is 2. The predicted octanol–water partition coefficient (Wildman–Crippen LogP) is 4.72. The molecule has 0 bridgehead atoms. The number of methoxy groups -OCH3 is 1. The number of sulfonamides is 1. The summed E-state index contributed by atoms with van der Waals surface area (Å²) in [5.41, 5.74) is 2.18. The fourth-order valence-corrected chi connectivity index (χ4v) is 6.62. The van der Waals surface area contributed by atoms with Crippen molar-refractivity contribution in [3.8, 4) is 0 Å². The second-order valence-corrected chi connectivity index (χ2v) is 11.3. The van der Waals surface area contributed by atoms with Crippen molar-refractivity contribution in [2.45, 2.75) is 24.2 Å². The summed E-state index contributed by atoms with van der Waals surface area (Å²) in [6.07, 6.45) is 2.47. The number of thiophene rings is 1. The largest absolute Gasteiger partial charge is 0.465 e. The molecule has 0 unspecified atom stereocenters. The van der Waals surface area contributed by atoms with Gasteiger partial charge in [-0.05, 0) is 61.0 Å². The van der Waals surface area contributed by atoms with Crippen LogP contribution in [-0.2, 0) is 21.2 Å². The molecule has 3 aromatic rings. The summed E-state index contributed by atoms with van der Waals surface area (Å²) < 4.78 is 31.8. The molecular formula is C24H25N3O4S3. The van der Waals surface area contributed by atoms with Crippen LogP contribution in [0.15, 0.2) is 65.6 Å². The molecule has 10 heteroatoms. The molecule has 1 aromatic heterocycles. The Morgan fingerprint density at radius 1 is 1.06 bits per heavy atom. The van der Waals surface area contributed by atoms with Crippen molar-refractivity contribution in [1.29, 1.82) is 0 Å². The van der Waals surface area contributed by atoms with Crippen LogP contribution in [0, 0.1) is 0 Å². The molecule has 0 amide bonds. The third kappa shape index (κ3) is 5.64. The lowest BCUT2D eigenvalue weighted by Crippen LogP contribution is -2.27. The molecule has 0 saturated carbocycles. The molecule has 34 heavy (non-hydrogen) atoms. The summed E-state index contributed by atoms with van der Waals surface area (Å²) in [5, 5.41) is 7.00. The second-order valence-electron chi connectivity index (χ2n) is 7.82. The molecule has 1 aliphatic rings. The third-order valence-corrected chi connectivity index (χ3v) is 8.62. The molecule has 1 saturated heterocycles. The van der Waals surface area contributed by atoms with E-state index in [0.29, 0.717) is 35.8 Å². The van der Waals surface area contributed by atoms with E-state index < -0.39 is 16.0 Å². The highest BCUT2D eigenvalue weighted by molar-refractivity contribution is 7.89. The van der Waals surface area contributed by atoms with Gasteiger partial charge >= 0.3 is 5.97 Å². The molecule has 0 atom stereocenters. The molecule has 0 radical (unpaired) electrons. The summed E-state index contributed by atoms with van der Waals surface area (Å²) >= 11 is 6.87. The Morgan fingerprint density at radius 3 is 2.38 bits per heavy atom. The van der Waals surface area contributed by atoms with E-state index in [2.05, 4.69) is 10.6 Å². The zero-order valence-corrected chi connectivity index (χ0v) is 21.1. The first-order valence-electron chi connectivity index (χ1n) is 10.8. The zero-order valence-electron chi connectivity index (χ0n) is 18.6. The van der Waals surface area contributed by atoms with E-state index in [1.807, 2.05) is 36.4 Å². The number of ether oxygens (including phenoxy) is 1. The van der Waals surface area contributed by atoms with E-state index in [-0.39, 0.29) is 10.0 Å². The normalized spacial score (nSPS) is 14.0. The van der Waals surface area contributed by atoms with Crippen molar-refractivity contribution in [3.63, 3.8) is 0 Å². The monoisotopic (exact) mass is 515 g/mol. The third-order valence-electron chi connectivity index (χ3n) is 5.45. The minimum absolute atomic E-state index is 0.260. The van der Waals surface area contributed by atoms with E-state index in [9.17, 15) is 13.2 Å². The van der Waals surface area contributed by atoms with Gasteiger partial charge in [-0.15, -0.1) is 11.3 Å². The minimum atomic E-state index is -3.47. The number of hydrogen-bond acceptors (Lipinski definition) is 6. The van der Waals surface area contributed by atoms with Gasteiger partial charge in [-0.1, -0.05) is 30.3 Å². The Kier molecular flexibility index (Phi) is 7.62. The average molecular weight is 516 g/mol.